The van der Waals surface area contributed by atoms with Crippen LogP contribution in [0.3, 0.4) is 0 Å². The highest BCUT2D eigenvalue weighted by Gasteiger charge is 2.65. The number of esters is 1. The number of fused-ring (bicyclic) bond motifs is 5. The second-order valence-corrected chi connectivity index (χ2v) is 9.15. The molecule has 6 unspecified atom stereocenters. The maximum absolute atomic E-state index is 11.9. The van der Waals surface area contributed by atoms with E-state index >= 15 is 0 Å². The van der Waals surface area contributed by atoms with Gasteiger partial charge in [0.15, 0.2) is 5.60 Å². The highest BCUT2D eigenvalue weighted by Crippen LogP contribution is 2.67. The standard InChI is InChI=1S/C24H32O2/c1-5-23-13-11-20-19-9-7-16(3)15-18(19)8-10-21(20)22(23)12-14-24(23,6-2)26-17(4)25/h2,15,19-22H,3,5,7-14H2,1,4H3. The molecular weight excluding hydrogens is 320 g/mol. The Kier molecular flexibility index (Phi) is 4.33. The molecule has 4 rings (SSSR count). The Hall–Kier alpha value is -1.49. The highest BCUT2D eigenvalue weighted by atomic mass is 16.6. The Labute approximate surface area is 158 Å². The van der Waals surface area contributed by atoms with Crippen LogP contribution in [0.15, 0.2) is 23.8 Å². The second kappa shape index (κ2) is 6.29. The number of terminal acetylenes is 1. The van der Waals surface area contributed by atoms with Crippen LogP contribution in [0.25, 0.3) is 0 Å². The van der Waals surface area contributed by atoms with Gasteiger partial charge in [0, 0.05) is 12.3 Å². The Balaban J connectivity index is 1.68. The lowest BCUT2D eigenvalue weighted by Gasteiger charge is -2.56. The minimum atomic E-state index is -0.680. The summed E-state index contributed by atoms with van der Waals surface area (Å²) in [5.41, 5.74) is 2.28. The van der Waals surface area contributed by atoms with Crippen molar-refractivity contribution in [2.24, 2.45) is 29.1 Å². The zero-order chi connectivity index (χ0) is 18.5. The van der Waals surface area contributed by atoms with Crippen molar-refractivity contribution in [3.8, 4) is 12.3 Å². The lowest BCUT2D eigenvalue weighted by Crippen LogP contribution is -2.55. The molecule has 0 amide bonds. The van der Waals surface area contributed by atoms with Crippen LogP contribution in [0.5, 0.6) is 0 Å². The third-order valence-corrected chi connectivity index (χ3v) is 8.42. The van der Waals surface area contributed by atoms with Crippen LogP contribution in [0.1, 0.15) is 71.6 Å². The fourth-order valence-electron chi connectivity index (χ4n) is 7.46. The van der Waals surface area contributed by atoms with Crippen LogP contribution < -0.4 is 0 Å². The molecule has 0 aliphatic heterocycles. The first-order chi connectivity index (χ1) is 12.5. The van der Waals surface area contributed by atoms with E-state index < -0.39 is 5.60 Å². The molecule has 0 heterocycles. The average Bonchev–Trinajstić information content (AvgIpc) is 2.95. The van der Waals surface area contributed by atoms with Gasteiger partial charge in [-0.2, -0.15) is 0 Å². The SMILES string of the molecule is C#CC1(OC(C)=O)CCC2C3CCC4=CC(=C)CCC4C3CCC21CC. The predicted octanol–water partition coefficient (Wildman–Crippen LogP) is 5.44. The molecule has 140 valence electrons. The molecule has 0 bridgehead atoms. The van der Waals surface area contributed by atoms with Crippen LogP contribution in [0, 0.1) is 41.4 Å². The predicted molar refractivity (Wildman–Crippen MR) is 104 cm³/mol. The van der Waals surface area contributed by atoms with Crippen LogP contribution in [0.2, 0.25) is 0 Å². The average molecular weight is 353 g/mol. The largest absolute Gasteiger partial charge is 0.445 e. The Morgan fingerprint density at radius 2 is 2.08 bits per heavy atom. The lowest BCUT2D eigenvalue weighted by molar-refractivity contribution is -0.170. The summed E-state index contributed by atoms with van der Waals surface area (Å²) in [6.07, 6.45) is 18.7. The normalized spacial score (nSPS) is 44.2. The van der Waals surface area contributed by atoms with Gasteiger partial charge in [-0.25, -0.2) is 0 Å². The van der Waals surface area contributed by atoms with Crippen molar-refractivity contribution in [2.45, 2.75) is 77.2 Å². The smallest absolute Gasteiger partial charge is 0.304 e. The van der Waals surface area contributed by atoms with Crippen molar-refractivity contribution in [1.29, 1.82) is 0 Å². The Bertz CT molecular complexity index is 695. The fourth-order valence-corrected chi connectivity index (χ4v) is 7.46. The van der Waals surface area contributed by atoms with Crippen molar-refractivity contribution in [2.75, 3.05) is 0 Å². The summed E-state index contributed by atoms with van der Waals surface area (Å²) >= 11 is 0. The quantitative estimate of drug-likeness (QED) is 0.488. The van der Waals surface area contributed by atoms with Gasteiger partial charge in [-0.15, -0.1) is 6.42 Å². The van der Waals surface area contributed by atoms with Crippen molar-refractivity contribution in [3.63, 3.8) is 0 Å². The number of hydrogen-bond donors (Lipinski definition) is 0. The molecule has 0 aromatic heterocycles. The van der Waals surface area contributed by atoms with Crippen LogP contribution in [-0.2, 0) is 9.53 Å². The molecule has 4 aliphatic rings. The lowest BCUT2D eigenvalue weighted by atomic mass is 9.49. The summed E-state index contributed by atoms with van der Waals surface area (Å²) in [5.74, 6) is 5.66. The van der Waals surface area contributed by atoms with E-state index in [0.29, 0.717) is 5.92 Å². The van der Waals surface area contributed by atoms with Crippen molar-refractivity contribution < 1.29 is 9.53 Å². The number of carbonyl (C=O) groups is 1. The molecule has 0 aromatic rings. The summed E-state index contributed by atoms with van der Waals surface area (Å²) in [4.78, 5) is 11.9. The molecule has 0 radical (unpaired) electrons. The van der Waals surface area contributed by atoms with E-state index in [9.17, 15) is 4.79 Å². The molecule has 0 spiro atoms. The topological polar surface area (TPSA) is 26.3 Å². The van der Waals surface area contributed by atoms with Gasteiger partial charge in [-0.1, -0.05) is 36.6 Å². The number of ether oxygens (including phenoxy) is 1. The molecule has 2 nitrogen and oxygen atoms in total. The Morgan fingerprint density at radius 3 is 2.77 bits per heavy atom. The number of hydrogen-bond acceptors (Lipinski definition) is 2. The Morgan fingerprint density at radius 1 is 1.27 bits per heavy atom. The van der Waals surface area contributed by atoms with Crippen molar-refractivity contribution >= 4 is 5.97 Å². The number of allylic oxidation sites excluding steroid dienone is 3. The van der Waals surface area contributed by atoms with Gasteiger partial charge in [-0.05, 0) is 81.5 Å². The van der Waals surface area contributed by atoms with E-state index in [4.69, 9.17) is 11.2 Å². The van der Waals surface area contributed by atoms with E-state index in [0.717, 1.165) is 49.9 Å². The van der Waals surface area contributed by atoms with Gasteiger partial charge < -0.3 is 4.74 Å². The molecule has 0 N–H and O–H groups in total. The third kappa shape index (κ3) is 2.35. The molecule has 3 saturated carbocycles. The number of carbonyl (C=O) groups excluding carboxylic acids is 1. The zero-order valence-electron chi connectivity index (χ0n) is 16.4. The monoisotopic (exact) mass is 352 g/mol. The van der Waals surface area contributed by atoms with E-state index in [2.05, 4.69) is 25.5 Å². The van der Waals surface area contributed by atoms with Gasteiger partial charge in [0.2, 0.25) is 0 Å². The van der Waals surface area contributed by atoms with Gasteiger partial charge in [0.1, 0.15) is 0 Å². The molecule has 0 saturated heterocycles. The summed E-state index contributed by atoms with van der Waals surface area (Å²) in [5, 5.41) is 0. The maximum Gasteiger partial charge on any atom is 0.304 e. The van der Waals surface area contributed by atoms with Crippen LogP contribution >= 0.6 is 0 Å². The minimum absolute atomic E-state index is 0.0198. The van der Waals surface area contributed by atoms with Gasteiger partial charge >= 0.3 is 5.97 Å². The first-order valence-electron chi connectivity index (χ1n) is 10.5. The van der Waals surface area contributed by atoms with Gasteiger partial charge in [0.25, 0.3) is 0 Å². The third-order valence-electron chi connectivity index (χ3n) is 8.42. The summed E-state index contributed by atoms with van der Waals surface area (Å²) in [6.45, 7) is 7.96. The first-order valence-corrected chi connectivity index (χ1v) is 10.5. The molecule has 2 heteroatoms. The van der Waals surface area contributed by atoms with Crippen molar-refractivity contribution in [1.82, 2.24) is 0 Å². The summed E-state index contributed by atoms with van der Waals surface area (Å²) < 4.78 is 5.91. The van der Waals surface area contributed by atoms with Gasteiger partial charge in [-0.3, -0.25) is 4.79 Å². The van der Waals surface area contributed by atoms with Crippen LogP contribution in [0.4, 0.5) is 0 Å². The molecular formula is C24H32O2. The second-order valence-electron chi connectivity index (χ2n) is 9.15. The summed E-state index contributed by atoms with van der Waals surface area (Å²) in [6, 6.07) is 0. The molecule has 6 atom stereocenters. The van der Waals surface area contributed by atoms with E-state index in [1.807, 2.05) is 0 Å². The van der Waals surface area contributed by atoms with Crippen LogP contribution in [-0.4, -0.2) is 11.6 Å². The van der Waals surface area contributed by atoms with Gasteiger partial charge in [0.05, 0.1) is 0 Å². The molecule has 0 aromatic carbocycles. The van der Waals surface area contributed by atoms with Crippen molar-refractivity contribution in [3.05, 3.63) is 23.8 Å². The summed E-state index contributed by atoms with van der Waals surface area (Å²) in [7, 11) is 0. The fraction of sp³-hybridized carbons (Fsp3) is 0.708. The minimum Gasteiger partial charge on any atom is -0.445 e. The van der Waals surface area contributed by atoms with E-state index in [-0.39, 0.29) is 11.4 Å². The number of rotatable bonds is 2. The molecule has 3 fully saturated rings. The molecule has 26 heavy (non-hydrogen) atoms. The first kappa shape index (κ1) is 17.9. The van der Waals surface area contributed by atoms with E-state index in [1.165, 1.54) is 38.2 Å². The highest BCUT2D eigenvalue weighted by molar-refractivity contribution is 5.67. The van der Waals surface area contributed by atoms with E-state index in [1.54, 1.807) is 5.57 Å². The maximum atomic E-state index is 11.9. The zero-order valence-corrected chi connectivity index (χ0v) is 16.4. The molecule has 4 aliphatic carbocycles.